The van der Waals surface area contributed by atoms with Crippen molar-refractivity contribution >= 4 is 28.5 Å². The summed E-state index contributed by atoms with van der Waals surface area (Å²) in [6.45, 7) is 1.57. The average Bonchev–Trinajstić information content (AvgIpc) is 2.61. The molecule has 1 aromatic carbocycles. The molecule has 0 saturated heterocycles. The van der Waals surface area contributed by atoms with E-state index in [-0.39, 0.29) is 16.5 Å². The van der Waals surface area contributed by atoms with Gasteiger partial charge in [-0.25, -0.2) is 9.18 Å². The summed E-state index contributed by atoms with van der Waals surface area (Å²) >= 11 is 5.87. The molecular formula is C11H9ClFNO3. The van der Waals surface area contributed by atoms with Crippen LogP contribution >= 0.6 is 11.6 Å². The highest BCUT2D eigenvalue weighted by Gasteiger charge is 2.20. The number of ether oxygens (including phenoxy) is 1. The predicted molar refractivity (Wildman–Crippen MR) is 61.5 cm³/mol. The Balaban J connectivity index is 2.88. The lowest BCUT2D eigenvalue weighted by atomic mass is 10.1. The van der Waals surface area contributed by atoms with Gasteiger partial charge in [0.25, 0.3) is 0 Å². The van der Waals surface area contributed by atoms with E-state index in [0.29, 0.717) is 16.5 Å². The summed E-state index contributed by atoms with van der Waals surface area (Å²) in [5.74, 6) is -1.84. The minimum absolute atomic E-state index is 0.00504. The number of aryl methyl sites for hydroxylation is 1. The van der Waals surface area contributed by atoms with Gasteiger partial charge in [-0.2, -0.15) is 0 Å². The lowest BCUT2D eigenvalue weighted by molar-refractivity contribution is 0.0691. The maximum Gasteiger partial charge on any atom is 0.352 e. The van der Waals surface area contributed by atoms with Gasteiger partial charge in [0.2, 0.25) is 0 Å². The van der Waals surface area contributed by atoms with Crippen molar-refractivity contribution in [3.05, 3.63) is 28.2 Å². The molecule has 1 aromatic heterocycles. The van der Waals surface area contributed by atoms with E-state index < -0.39 is 11.8 Å². The molecule has 17 heavy (non-hydrogen) atoms. The van der Waals surface area contributed by atoms with Crippen molar-refractivity contribution in [3.63, 3.8) is 0 Å². The van der Waals surface area contributed by atoms with Crippen LogP contribution in [-0.4, -0.2) is 23.2 Å². The first-order valence-corrected chi connectivity index (χ1v) is 5.12. The van der Waals surface area contributed by atoms with Gasteiger partial charge in [0, 0.05) is 11.5 Å². The number of hydrogen-bond acceptors (Lipinski definition) is 2. The molecule has 0 saturated carbocycles. The highest BCUT2D eigenvalue weighted by molar-refractivity contribution is 6.36. The fourth-order valence-electron chi connectivity index (χ4n) is 1.78. The molecule has 0 radical (unpaired) electrons. The Kier molecular flexibility index (Phi) is 2.71. The zero-order chi connectivity index (χ0) is 12.7. The molecule has 6 heteroatoms. The van der Waals surface area contributed by atoms with Gasteiger partial charge in [0.05, 0.1) is 17.6 Å². The van der Waals surface area contributed by atoms with Crippen molar-refractivity contribution in [2.24, 2.45) is 0 Å². The summed E-state index contributed by atoms with van der Waals surface area (Å²) in [5.41, 5.74) is 0.830. The number of fused-ring (bicyclic) bond motifs is 1. The number of carbonyl (C=O) groups is 1. The second kappa shape index (κ2) is 3.92. The van der Waals surface area contributed by atoms with Crippen LogP contribution in [0, 0.1) is 12.7 Å². The van der Waals surface area contributed by atoms with E-state index in [2.05, 4.69) is 4.98 Å². The topological polar surface area (TPSA) is 62.3 Å². The average molecular weight is 258 g/mol. The molecule has 0 aliphatic heterocycles. The molecule has 90 valence electrons. The Morgan fingerprint density at radius 1 is 1.59 bits per heavy atom. The molecule has 2 rings (SSSR count). The number of carboxylic acids is 1. The summed E-state index contributed by atoms with van der Waals surface area (Å²) in [6, 6.07) is 1.38. The number of methoxy groups -OCH3 is 1. The van der Waals surface area contributed by atoms with Crippen LogP contribution in [0.15, 0.2) is 6.07 Å². The molecule has 0 bridgehead atoms. The van der Waals surface area contributed by atoms with Crippen molar-refractivity contribution in [2.45, 2.75) is 6.92 Å². The first kappa shape index (κ1) is 11.7. The monoisotopic (exact) mass is 257 g/mol. The molecular weight excluding hydrogens is 249 g/mol. The summed E-state index contributed by atoms with van der Waals surface area (Å²) in [4.78, 5) is 13.6. The molecule has 0 unspecified atom stereocenters. The number of aromatic carboxylic acids is 1. The van der Waals surface area contributed by atoms with Crippen molar-refractivity contribution < 1.29 is 19.0 Å². The summed E-state index contributed by atoms with van der Waals surface area (Å²) in [7, 11) is 1.31. The lowest BCUT2D eigenvalue weighted by Gasteiger charge is -2.04. The number of rotatable bonds is 2. The van der Waals surface area contributed by atoms with Gasteiger partial charge in [0.1, 0.15) is 5.69 Å². The highest BCUT2D eigenvalue weighted by atomic mass is 35.5. The van der Waals surface area contributed by atoms with Crippen LogP contribution in [0.4, 0.5) is 4.39 Å². The largest absolute Gasteiger partial charge is 0.494 e. The summed E-state index contributed by atoms with van der Waals surface area (Å²) < 4.78 is 18.5. The molecule has 0 aliphatic carbocycles. The van der Waals surface area contributed by atoms with Gasteiger partial charge < -0.3 is 14.8 Å². The SMILES string of the molecule is COc1cc2[nH]c(C(=O)O)c(C)c2c(Cl)c1F. The number of carboxylic acid groups (broad SMARTS) is 1. The van der Waals surface area contributed by atoms with Gasteiger partial charge in [-0.3, -0.25) is 0 Å². The van der Waals surface area contributed by atoms with Gasteiger partial charge in [-0.1, -0.05) is 11.6 Å². The zero-order valence-electron chi connectivity index (χ0n) is 9.10. The van der Waals surface area contributed by atoms with Crippen LogP contribution in [0.1, 0.15) is 16.1 Å². The van der Waals surface area contributed by atoms with E-state index in [9.17, 15) is 9.18 Å². The molecule has 0 spiro atoms. The first-order valence-electron chi connectivity index (χ1n) is 4.75. The van der Waals surface area contributed by atoms with Crippen LogP contribution in [-0.2, 0) is 0 Å². The fourth-order valence-corrected chi connectivity index (χ4v) is 2.12. The Bertz CT molecular complexity index is 621. The van der Waals surface area contributed by atoms with Crippen LogP contribution < -0.4 is 4.74 Å². The third-order valence-electron chi connectivity index (χ3n) is 2.62. The number of halogens is 2. The van der Waals surface area contributed by atoms with Gasteiger partial charge in [-0.05, 0) is 12.5 Å². The molecule has 1 heterocycles. The van der Waals surface area contributed by atoms with Gasteiger partial charge in [-0.15, -0.1) is 0 Å². The zero-order valence-corrected chi connectivity index (χ0v) is 9.85. The molecule has 2 N–H and O–H groups in total. The lowest BCUT2D eigenvalue weighted by Crippen LogP contribution is -1.98. The fraction of sp³-hybridized carbons (Fsp3) is 0.182. The quantitative estimate of drug-likeness (QED) is 0.869. The molecule has 0 fully saturated rings. The predicted octanol–water partition coefficient (Wildman–Crippen LogP) is 2.98. The van der Waals surface area contributed by atoms with Crippen molar-refractivity contribution in [3.8, 4) is 5.75 Å². The number of hydrogen-bond donors (Lipinski definition) is 2. The van der Waals surface area contributed by atoms with E-state index in [4.69, 9.17) is 21.4 Å². The number of aromatic nitrogens is 1. The van der Waals surface area contributed by atoms with E-state index in [0.717, 1.165) is 0 Å². The van der Waals surface area contributed by atoms with Crippen LogP contribution in [0.3, 0.4) is 0 Å². The number of H-pyrrole nitrogens is 1. The van der Waals surface area contributed by atoms with Gasteiger partial charge in [0.15, 0.2) is 11.6 Å². The summed E-state index contributed by atoms with van der Waals surface area (Å²) in [5, 5.41) is 9.18. The van der Waals surface area contributed by atoms with Crippen LogP contribution in [0.5, 0.6) is 5.75 Å². The highest BCUT2D eigenvalue weighted by Crippen LogP contribution is 2.36. The second-order valence-corrected chi connectivity index (χ2v) is 3.94. The number of aromatic amines is 1. The Labute approximate surface area is 101 Å². The molecule has 4 nitrogen and oxygen atoms in total. The second-order valence-electron chi connectivity index (χ2n) is 3.56. The van der Waals surface area contributed by atoms with Crippen LogP contribution in [0.2, 0.25) is 5.02 Å². The van der Waals surface area contributed by atoms with Gasteiger partial charge >= 0.3 is 5.97 Å². The Hall–Kier alpha value is -1.75. The van der Waals surface area contributed by atoms with E-state index in [1.807, 2.05) is 0 Å². The maximum atomic E-state index is 13.7. The van der Waals surface area contributed by atoms with E-state index >= 15 is 0 Å². The number of benzene rings is 1. The molecule has 0 atom stereocenters. The van der Waals surface area contributed by atoms with E-state index in [1.165, 1.54) is 13.2 Å². The van der Waals surface area contributed by atoms with Crippen LogP contribution in [0.25, 0.3) is 10.9 Å². The minimum atomic E-state index is -1.12. The van der Waals surface area contributed by atoms with E-state index in [1.54, 1.807) is 6.92 Å². The third kappa shape index (κ3) is 1.63. The Morgan fingerprint density at radius 2 is 2.24 bits per heavy atom. The molecule has 2 aromatic rings. The third-order valence-corrected chi connectivity index (χ3v) is 2.97. The maximum absolute atomic E-state index is 13.7. The van der Waals surface area contributed by atoms with Crippen molar-refractivity contribution in [1.29, 1.82) is 0 Å². The summed E-state index contributed by atoms with van der Waals surface area (Å²) in [6.07, 6.45) is 0. The smallest absolute Gasteiger partial charge is 0.352 e. The molecule has 0 amide bonds. The molecule has 0 aliphatic rings. The first-order chi connectivity index (χ1) is 7.97. The Morgan fingerprint density at radius 3 is 2.76 bits per heavy atom. The normalized spacial score (nSPS) is 10.8. The number of nitrogens with one attached hydrogen (secondary N) is 1. The van der Waals surface area contributed by atoms with Crippen molar-refractivity contribution in [1.82, 2.24) is 4.98 Å². The standard InChI is InChI=1S/C11H9ClFNO3/c1-4-7-5(14-10(4)11(15)16)3-6(17-2)9(13)8(7)12/h3,14H,1-2H3,(H,15,16). The van der Waals surface area contributed by atoms with Crippen molar-refractivity contribution in [2.75, 3.05) is 7.11 Å². The minimum Gasteiger partial charge on any atom is -0.494 e.